The van der Waals surface area contributed by atoms with E-state index in [1.807, 2.05) is 45.0 Å². The summed E-state index contributed by atoms with van der Waals surface area (Å²) in [6.45, 7) is 9.46. The van der Waals surface area contributed by atoms with Crippen molar-refractivity contribution in [3.8, 4) is 0 Å². The van der Waals surface area contributed by atoms with Gasteiger partial charge in [-0.2, -0.15) is 0 Å². The summed E-state index contributed by atoms with van der Waals surface area (Å²) in [4.78, 5) is 23.7. The molecule has 0 saturated heterocycles. The van der Waals surface area contributed by atoms with Gasteiger partial charge in [-0.25, -0.2) is 0 Å². The zero-order valence-electron chi connectivity index (χ0n) is 14.8. The third-order valence-electron chi connectivity index (χ3n) is 3.66. The van der Waals surface area contributed by atoms with Gasteiger partial charge in [0.2, 0.25) is 0 Å². The van der Waals surface area contributed by atoms with Gasteiger partial charge in [0, 0.05) is 0 Å². The quantitative estimate of drug-likeness (QED) is 0.509. The summed E-state index contributed by atoms with van der Waals surface area (Å²) in [6, 6.07) is 8.16. The van der Waals surface area contributed by atoms with Gasteiger partial charge in [0.15, 0.2) is 0 Å². The second-order valence-electron chi connectivity index (χ2n) is 6.08. The van der Waals surface area contributed by atoms with E-state index in [9.17, 15) is 9.59 Å². The first-order valence-electron chi connectivity index (χ1n) is 8.24. The van der Waals surface area contributed by atoms with Crippen LogP contribution in [-0.4, -0.2) is 24.5 Å². The number of ether oxygens (including phenoxy) is 2. The SMILES string of the molecule is CCOC(=O)C(CCC(OC(C)C)c1ccc(C)cc1)C(C)=O. The van der Waals surface area contributed by atoms with Gasteiger partial charge < -0.3 is 9.47 Å². The van der Waals surface area contributed by atoms with Crippen molar-refractivity contribution in [2.24, 2.45) is 5.92 Å². The molecule has 0 heterocycles. The molecule has 0 bridgehead atoms. The minimum atomic E-state index is -0.710. The molecule has 4 heteroatoms. The van der Waals surface area contributed by atoms with Gasteiger partial charge in [0.1, 0.15) is 11.7 Å². The minimum Gasteiger partial charge on any atom is -0.465 e. The molecule has 2 atom stereocenters. The summed E-state index contributed by atoms with van der Waals surface area (Å²) in [7, 11) is 0. The lowest BCUT2D eigenvalue weighted by Crippen LogP contribution is -2.25. The number of hydrogen-bond donors (Lipinski definition) is 0. The van der Waals surface area contributed by atoms with Crippen LogP contribution < -0.4 is 0 Å². The van der Waals surface area contributed by atoms with Gasteiger partial charge in [-0.1, -0.05) is 29.8 Å². The molecule has 0 fully saturated rings. The van der Waals surface area contributed by atoms with Gasteiger partial charge in [-0.05, 0) is 53.0 Å². The Labute approximate surface area is 139 Å². The Morgan fingerprint density at radius 1 is 1.09 bits per heavy atom. The van der Waals surface area contributed by atoms with Crippen molar-refractivity contribution in [1.82, 2.24) is 0 Å². The van der Waals surface area contributed by atoms with Crippen LogP contribution in [0.2, 0.25) is 0 Å². The topological polar surface area (TPSA) is 52.6 Å². The maximum atomic E-state index is 11.9. The second-order valence-corrected chi connectivity index (χ2v) is 6.08. The van der Waals surface area contributed by atoms with E-state index in [0.29, 0.717) is 12.8 Å². The van der Waals surface area contributed by atoms with Crippen LogP contribution in [-0.2, 0) is 19.1 Å². The third-order valence-corrected chi connectivity index (χ3v) is 3.66. The predicted molar refractivity (Wildman–Crippen MR) is 90.2 cm³/mol. The normalized spacial score (nSPS) is 13.7. The number of carbonyl (C=O) groups is 2. The van der Waals surface area contributed by atoms with E-state index in [1.54, 1.807) is 6.92 Å². The maximum absolute atomic E-state index is 11.9. The highest BCUT2D eigenvalue weighted by molar-refractivity contribution is 5.97. The van der Waals surface area contributed by atoms with Crippen molar-refractivity contribution in [3.05, 3.63) is 35.4 Å². The monoisotopic (exact) mass is 320 g/mol. The molecule has 23 heavy (non-hydrogen) atoms. The molecule has 0 spiro atoms. The smallest absolute Gasteiger partial charge is 0.316 e. The van der Waals surface area contributed by atoms with Crippen molar-refractivity contribution in [2.75, 3.05) is 6.61 Å². The van der Waals surface area contributed by atoms with Crippen molar-refractivity contribution in [2.45, 2.75) is 59.7 Å². The first kappa shape index (κ1) is 19.4. The Hall–Kier alpha value is -1.68. The molecule has 0 aromatic heterocycles. The third kappa shape index (κ3) is 6.53. The lowest BCUT2D eigenvalue weighted by Gasteiger charge is -2.22. The Bertz CT molecular complexity index is 505. The van der Waals surface area contributed by atoms with Gasteiger partial charge in [-0.15, -0.1) is 0 Å². The lowest BCUT2D eigenvalue weighted by atomic mass is 9.94. The average molecular weight is 320 g/mol. The highest BCUT2D eigenvalue weighted by atomic mass is 16.5. The summed E-state index contributed by atoms with van der Waals surface area (Å²) in [5.74, 6) is -1.30. The molecular formula is C19H28O4. The second kappa shape index (κ2) is 9.46. The maximum Gasteiger partial charge on any atom is 0.316 e. The molecule has 1 aromatic carbocycles. The summed E-state index contributed by atoms with van der Waals surface area (Å²) in [6.07, 6.45) is 0.968. The molecule has 0 radical (unpaired) electrons. The summed E-state index contributed by atoms with van der Waals surface area (Å²) in [5.41, 5.74) is 2.25. The molecule has 1 aromatic rings. The van der Waals surface area contributed by atoms with Gasteiger partial charge in [0.25, 0.3) is 0 Å². The van der Waals surface area contributed by atoms with E-state index in [1.165, 1.54) is 12.5 Å². The predicted octanol–water partition coefficient (Wildman–Crippen LogP) is 4.01. The summed E-state index contributed by atoms with van der Waals surface area (Å²) in [5, 5.41) is 0. The summed E-state index contributed by atoms with van der Waals surface area (Å²) < 4.78 is 11.0. The van der Waals surface area contributed by atoms with Crippen molar-refractivity contribution in [3.63, 3.8) is 0 Å². The van der Waals surface area contributed by atoms with Crippen LogP contribution in [0.15, 0.2) is 24.3 Å². The molecule has 0 N–H and O–H groups in total. The molecule has 0 amide bonds. The number of Topliss-reactive ketones (excluding diaryl/α,β-unsaturated/α-hetero) is 1. The van der Waals surface area contributed by atoms with E-state index in [2.05, 4.69) is 0 Å². The van der Waals surface area contributed by atoms with Crippen LogP contribution in [0, 0.1) is 12.8 Å². The number of esters is 1. The Morgan fingerprint density at radius 2 is 1.70 bits per heavy atom. The number of rotatable bonds is 9. The Kier molecular flexibility index (Phi) is 7.96. The number of aryl methyl sites for hydroxylation is 1. The zero-order valence-corrected chi connectivity index (χ0v) is 14.8. The van der Waals surface area contributed by atoms with Crippen LogP contribution in [0.1, 0.15) is 57.8 Å². The molecule has 1 rings (SSSR count). The molecule has 0 aliphatic heterocycles. The average Bonchev–Trinajstić information content (AvgIpc) is 2.46. The van der Waals surface area contributed by atoms with E-state index in [-0.39, 0.29) is 24.6 Å². The fourth-order valence-corrected chi connectivity index (χ4v) is 2.47. The summed E-state index contributed by atoms with van der Waals surface area (Å²) >= 11 is 0. The van der Waals surface area contributed by atoms with Crippen LogP contribution in [0.3, 0.4) is 0 Å². The zero-order chi connectivity index (χ0) is 17.4. The van der Waals surface area contributed by atoms with Crippen LogP contribution in [0.25, 0.3) is 0 Å². The van der Waals surface area contributed by atoms with Gasteiger partial charge in [-0.3, -0.25) is 9.59 Å². The number of hydrogen-bond acceptors (Lipinski definition) is 4. The van der Waals surface area contributed by atoms with Crippen molar-refractivity contribution >= 4 is 11.8 Å². The number of carbonyl (C=O) groups excluding carboxylic acids is 2. The van der Waals surface area contributed by atoms with Crippen molar-refractivity contribution in [1.29, 1.82) is 0 Å². The fourth-order valence-electron chi connectivity index (χ4n) is 2.47. The lowest BCUT2D eigenvalue weighted by molar-refractivity contribution is -0.151. The van der Waals surface area contributed by atoms with Crippen LogP contribution >= 0.6 is 0 Å². The fraction of sp³-hybridized carbons (Fsp3) is 0.579. The van der Waals surface area contributed by atoms with Crippen LogP contribution in [0.5, 0.6) is 0 Å². The highest BCUT2D eigenvalue weighted by Crippen LogP contribution is 2.27. The van der Waals surface area contributed by atoms with Crippen LogP contribution in [0.4, 0.5) is 0 Å². The molecular weight excluding hydrogens is 292 g/mol. The van der Waals surface area contributed by atoms with E-state index >= 15 is 0 Å². The van der Waals surface area contributed by atoms with Crippen molar-refractivity contribution < 1.29 is 19.1 Å². The van der Waals surface area contributed by atoms with Gasteiger partial charge >= 0.3 is 5.97 Å². The molecule has 0 saturated carbocycles. The standard InChI is InChI=1S/C19H28O4/c1-6-22-19(21)17(15(5)20)11-12-18(23-13(2)3)16-9-7-14(4)8-10-16/h7-10,13,17-18H,6,11-12H2,1-5H3. The Balaban J connectivity index is 2.81. The van der Waals surface area contributed by atoms with E-state index in [4.69, 9.17) is 9.47 Å². The molecule has 0 aliphatic rings. The number of ketones is 1. The van der Waals surface area contributed by atoms with Gasteiger partial charge in [0.05, 0.1) is 18.8 Å². The van der Waals surface area contributed by atoms with E-state index in [0.717, 1.165) is 5.56 Å². The molecule has 128 valence electrons. The molecule has 0 aliphatic carbocycles. The largest absolute Gasteiger partial charge is 0.465 e. The Morgan fingerprint density at radius 3 is 2.17 bits per heavy atom. The number of benzene rings is 1. The molecule has 2 unspecified atom stereocenters. The first-order valence-corrected chi connectivity index (χ1v) is 8.24. The minimum absolute atomic E-state index is 0.0691. The van der Waals surface area contributed by atoms with E-state index < -0.39 is 11.9 Å². The first-order chi connectivity index (χ1) is 10.8. The molecule has 4 nitrogen and oxygen atoms in total. The highest BCUT2D eigenvalue weighted by Gasteiger charge is 2.26.